The largest absolute Gasteiger partial charge is 0.478 e. The molecule has 0 saturated heterocycles. The molecule has 6 nitrogen and oxygen atoms in total. The van der Waals surface area contributed by atoms with E-state index in [4.69, 9.17) is 5.11 Å². The predicted octanol–water partition coefficient (Wildman–Crippen LogP) is 1.30. The van der Waals surface area contributed by atoms with Crippen LogP contribution >= 0.6 is 0 Å². The summed E-state index contributed by atoms with van der Waals surface area (Å²) in [6.45, 7) is 0.358. The van der Waals surface area contributed by atoms with E-state index in [2.05, 4.69) is 15.1 Å². The first-order valence-corrected chi connectivity index (χ1v) is 5.79. The molecule has 0 amide bonds. The average molecular weight is 244 g/mol. The van der Waals surface area contributed by atoms with Crippen molar-refractivity contribution in [3.05, 3.63) is 41.7 Å². The predicted molar refractivity (Wildman–Crippen MR) is 62.3 cm³/mol. The first-order valence-electron chi connectivity index (χ1n) is 5.79. The number of rotatable bonds is 4. The molecule has 0 radical (unpaired) electrons. The van der Waals surface area contributed by atoms with Crippen LogP contribution in [-0.2, 0) is 6.54 Å². The van der Waals surface area contributed by atoms with Crippen LogP contribution in [0.25, 0.3) is 0 Å². The molecule has 0 spiro atoms. The molecule has 1 N–H and O–H groups in total. The van der Waals surface area contributed by atoms with E-state index in [1.807, 2.05) is 12.3 Å². The van der Waals surface area contributed by atoms with Crippen LogP contribution in [0.4, 0.5) is 0 Å². The molecule has 1 aliphatic rings. The maximum Gasteiger partial charge on any atom is 0.339 e. The fourth-order valence-corrected chi connectivity index (χ4v) is 1.88. The van der Waals surface area contributed by atoms with Gasteiger partial charge in [0.2, 0.25) is 0 Å². The van der Waals surface area contributed by atoms with Crippen molar-refractivity contribution in [2.75, 3.05) is 0 Å². The van der Waals surface area contributed by atoms with E-state index in [0.29, 0.717) is 18.2 Å². The zero-order valence-corrected chi connectivity index (χ0v) is 9.65. The van der Waals surface area contributed by atoms with Crippen LogP contribution in [0.3, 0.4) is 0 Å². The highest BCUT2D eigenvalue weighted by atomic mass is 16.4. The van der Waals surface area contributed by atoms with E-state index in [1.54, 1.807) is 4.68 Å². The molecule has 0 atom stereocenters. The molecule has 0 aromatic carbocycles. The minimum Gasteiger partial charge on any atom is -0.478 e. The molecule has 2 aromatic rings. The van der Waals surface area contributed by atoms with E-state index in [0.717, 1.165) is 5.69 Å². The van der Waals surface area contributed by atoms with Crippen LogP contribution < -0.4 is 0 Å². The third-order valence-electron chi connectivity index (χ3n) is 2.99. The molecule has 92 valence electrons. The first-order chi connectivity index (χ1) is 8.74. The van der Waals surface area contributed by atoms with Crippen LogP contribution in [-0.4, -0.2) is 30.8 Å². The Hall–Kier alpha value is -2.24. The summed E-state index contributed by atoms with van der Waals surface area (Å²) in [7, 11) is 0. The molecular weight excluding hydrogens is 232 g/mol. The van der Waals surface area contributed by atoms with E-state index in [9.17, 15) is 4.79 Å². The first kappa shape index (κ1) is 10.9. The van der Waals surface area contributed by atoms with E-state index in [-0.39, 0.29) is 5.56 Å². The summed E-state index contributed by atoms with van der Waals surface area (Å²) in [5.74, 6) is -0.421. The van der Waals surface area contributed by atoms with Gasteiger partial charge in [0.15, 0.2) is 0 Å². The minimum atomic E-state index is -1.01. The zero-order chi connectivity index (χ0) is 12.5. The molecule has 1 fully saturated rings. The summed E-state index contributed by atoms with van der Waals surface area (Å²) >= 11 is 0. The summed E-state index contributed by atoms with van der Waals surface area (Å²) in [6, 6.07) is 1.99. The smallest absolute Gasteiger partial charge is 0.339 e. The Kier molecular flexibility index (Phi) is 2.55. The van der Waals surface area contributed by atoms with Gasteiger partial charge in [-0.15, -0.1) is 0 Å². The normalized spacial score (nSPS) is 14.7. The molecule has 2 heterocycles. The van der Waals surface area contributed by atoms with E-state index >= 15 is 0 Å². The topological polar surface area (TPSA) is 80.9 Å². The Morgan fingerprint density at radius 3 is 3.06 bits per heavy atom. The highest BCUT2D eigenvalue weighted by Gasteiger charge is 2.25. The number of aromatic carboxylic acids is 1. The number of carboxylic acid groups (broad SMARTS) is 1. The Morgan fingerprint density at radius 2 is 2.33 bits per heavy atom. The summed E-state index contributed by atoms with van der Waals surface area (Å²) in [5.41, 5.74) is 1.69. The van der Waals surface area contributed by atoms with E-state index < -0.39 is 5.97 Å². The maximum absolute atomic E-state index is 11.0. The van der Waals surface area contributed by atoms with Gasteiger partial charge in [0.25, 0.3) is 0 Å². The lowest BCUT2D eigenvalue weighted by atomic mass is 10.2. The molecule has 18 heavy (non-hydrogen) atoms. The summed E-state index contributed by atoms with van der Waals surface area (Å²) in [5, 5.41) is 13.5. The number of carboxylic acids is 1. The summed E-state index contributed by atoms with van der Waals surface area (Å²) in [4.78, 5) is 18.8. The van der Waals surface area contributed by atoms with Crippen molar-refractivity contribution in [2.45, 2.75) is 25.3 Å². The number of aromatic nitrogens is 4. The second-order valence-electron chi connectivity index (χ2n) is 4.40. The fraction of sp³-hybridized carbons (Fsp3) is 0.333. The molecule has 1 aliphatic carbocycles. The van der Waals surface area contributed by atoms with Crippen molar-refractivity contribution < 1.29 is 9.90 Å². The lowest BCUT2D eigenvalue weighted by Crippen LogP contribution is -2.10. The lowest BCUT2D eigenvalue weighted by molar-refractivity contribution is 0.0694. The highest BCUT2D eigenvalue weighted by Crippen LogP contribution is 2.38. The van der Waals surface area contributed by atoms with Crippen LogP contribution in [0.1, 0.15) is 40.5 Å². The van der Waals surface area contributed by atoms with Gasteiger partial charge in [-0.05, 0) is 18.9 Å². The number of carbonyl (C=O) groups is 1. The number of hydrogen-bond acceptors (Lipinski definition) is 4. The van der Waals surface area contributed by atoms with Crippen LogP contribution in [0, 0.1) is 0 Å². The summed E-state index contributed by atoms with van der Waals surface area (Å²) in [6.07, 6.45) is 6.93. The summed E-state index contributed by atoms with van der Waals surface area (Å²) < 4.78 is 1.72. The molecule has 3 rings (SSSR count). The Morgan fingerprint density at radius 1 is 1.50 bits per heavy atom. The average Bonchev–Trinajstić information content (AvgIpc) is 3.11. The fourth-order valence-electron chi connectivity index (χ4n) is 1.88. The van der Waals surface area contributed by atoms with Crippen molar-refractivity contribution >= 4 is 5.97 Å². The number of nitrogens with zero attached hydrogens (tertiary/aromatic N) is 4. The quantitative estimate of drug-likeness (QED) is 0.876. The lowest BCUT2D eigenvalue weighted by Gasteiger charge is -2.04. The SMILES string of the molecule is O=C(O)c1cncnc1Cn1ccc(C2CC2)n1. The van der Waals surface area contributed by atoms with Crippen LogP contribution in [0.15, 0.2) is 24.8 Å². The van der Waals surface area contributed by atoms with Gasteiger partial charge in [-0.2, -0.15) is 5.10 Å². The molecule has 2 aromatic heterocycles. The molecular formula is C12H12N4O2. The monoisotopic (exact) mass is 244 g/mol. The molecule has 6 heteroatoms. The second-order valence-corrected chi connectivity index (χ2v) is 4.40. The van der Waals surface area contributed by atoms with E-state index in [1.165, 1.54) is 25.4 Å². The molecule has 0 bridgehead atoms. The van der Waals surface area contributed by atoms with Gasteiger partial charge in [0.05, 0.1) is 17.9 Å². The highest BCUT2D eigenvalue weighted by molar-refractivity contribution is 5.88. The van der Waals surface area contributed by atoms with Gasteiger partial charge in [0, 0.05) is 18.3 Å². The maximum atomic E-state index is 11.0. The Bertz CT molecular complexity index is 589. The van der Waals surface area contributed by atoms with Gasteiger partial charge in [0.1, 0.15) is 11.9 Å². The van der Waals surface area contributed by atoms with Gasteiger partial charge < -0.3 is 5.11 Å². The van der Waals surface area contributed by atoms with Gasteiger partial charge in [-0.25, -0.2) is 14.8 Å². The molecule has 0 unspecified atom stereocenters. The minimum absolute atomic E-state index is 0.126. The van der Waals surface area contributed by atoms with Crippen LogP contribution in [0.5, 0.6) is 0 Å². The van der Waals surface area contributed by atoms with Crippen molar-refractivity contribution in [1.29, 1.82) is 0 Å². The Labute approximate surface area is 103 Å². The molecule has 1 saturated carbocycles. The van der Waals surface area contributed by atoms with Gasteiger partial charge in [-0.1, -0.05) is 0 Å². The van der Waals surface area contributed by atoms with Crippen molar-refractivity contribution in [3.63, 3.8) is 0 Å². The molecule has 0 aliphatic heterocycles. The van der Waals surface area contributed by atoms with Gasteiger partial charge in [-0.3, -0.25) is 4.68 Å². The third-order valence-corrected chi connectivity index (χ3v) is 2.99. The number of hydrogen-bond donors (Lipinski definition) is 1. The zero-order valence-electron chi connectivity index (χ0n) is 9.65. The van der Waals surface area contributed by atoms with Crippen molar-refractivity contribution in [1.82, 2.24) is 19.7 Å². The Balaban J connectivity index is 1.84. The third kappa shape index (κ3) is 2.09. The van der Waals surface area contributed by atoms with Gasteiger partial charge >= 0.3 is 5.97 Å². The van der Waals surface area contributed by atoms with Crippen molar-refractivity contribution in [3.8, 4) is 0 Å². The van der Waals surface area contributed by atoms with Crippen molar-refractivity contribution in [2.24, 2.45) is 0 Å². The van der Waals surface area contributed by atoms with Crippen LogP contribution in [0.2, 0.25) is 0 Å². The standard InChI is InChI=1S/C12H12N4O2/c17-12(18)9-5-13-7-14-11(9)6-16-4-3-10(15-16)8-1-2-8/h3-5,7-8H,1-2,6H2,(H,17,18). The second kappa shape index (κ2) is 4.21.